The predicted molar refractivity (Wildman–Crippen MR) is 136 cm³/mol. The monoisotopic (exact) mass is 471 g/mol. The molecule has 2 saturated carbocycles. The molecule has 6 heteroatoms. The summed E-state index contributed by atoms with van der Waals surface area (Å²) in [6.45, 7) is 2.23. The lowest BCUT2D eigenvalue weighted by molar-refractivity contribution is 0.521. The third-order valence-corrected chi connectivity index (χ3v) is 8.92. The predicted octanol–water partition coefficient (Wildman–Crippen LogP) is 7.78. The van der Waals surface area contributed by atoms with Crippen LogP contribution >= 0.6 is 34.7 Å². The van der Waals surface area contributed by atoms with E-state index in [2.05, 4.69) is 41.1 Å². The van der Waals surface area contributed by atoms with Gasteiger partial charge < -0.3 is 9.88 Å². The van der Waals surface area contributed by atoms with Gasteiger partial charge in [0.25, 0.3) is 0 Å². The summed E-state index contributed by atoms with van der Waals surface area (Å²) >= 11 is 10.2. The van der Waals surface area contributed by atoms with E-state index in [-0.39, 0.29) is 0 Å². The van der Waals surface area contributed by atoms with Gasteiger partial charge in [0.1, 0.15) is 0 Å². The third-order valence-electron chi connectivity index (χ3n) is 6.64. The lowest BCUT2D eigenvalue weighted by atomic mass is 10.2. The van der Waals surface area contributed by atoms with E-state index in [0.717, 1.165) is 15.5 Å². The van der Waals surface area contributed by atoms with Crippen LogP contribution in [0.1, 0.15) is 63.0 Å². The number of nitrogens with one attached hydrogen (secondary N) is 1. The fraction of sp³-hybridized carbons (Fsp3) is 0.480. The van der Waals surface area contributed by atoms with Gasteiger partial charge in [-0.2, -0.15) is 0 Å². The Balaban J connectivity index is 1.43. The highest BCUT2D eigenvalue weighted by atomic mass is 35.5. The molecule has 2 aliphatic rings. The van der Waals surface area contributed by atoms with Gasteiger partial charge in [0.2, 0.25) is 0 Å². The summed E-state index contributed by atoms with van der Waals surface area (Å²) in [5, 5.41) is 4.53. The summed E-state index contributed by atoms with van der Waals surface area (Å²) in [7, 11) is 0. The Morgan fingerprint density at radius 1 is 1.06 bits per heavy atom. The SMILES string of the molecule is Cc1cccc2s/c(=N\CSc3cccc(Cl)c3NC3CCCC3)n(C3CCCC3)c12. The maximum atomic E-state index is 6.58. The lowest BCUT2D eigenvalue weighted by Gasteiger charge is -2.18. The molecular weight excluding hydrogens is 442 g/mol. The van der Waals surface area contributed by atoms with Crippen molar-refractivity contribution in [2.45, 2.75) is 75.3 Å². The van der Waals surface area contributed by atoms with Crippen LogP contribution < -0.4 is 10.1 Å². The van der Waals surface area contributed by atoms with Crippen molar-refractivity contribution in [1.29, 1.82) is 0 Å². The number of fused-ring (bicyclic) bond motifs is 1. The normalized spacial score (nSPS) is 18.5. The maximum Gasteiger partial charge on any atom is 0.186 e. The minimum absolute atomic E-state index is 0.547. The number of para-hydroxylation sites is 2. The standard InChI is InChI=1S/C25H30ClN3S2/c1-17-8-6-15-22-24(17)29(19-11-4-5-12-19)25(31-22)27-16-30-21-14-7-13-20(26)23(21)28-18-9-2-3-10-18/h6-8,13-15,18-19,28H,2-5,9-12,16H2,1H3/b27-25-. The number of halogens is 1. The third kappa shape index (κ3) is 4.55. The van der Waals surface area contributed by atoms with Gasteiger partial charge in [0.05, 0.1) is 26.8 Å². The van der Waals surface area contributed by atoms with Crippen LogP contribution in [0.25, 0.3) is 10.2 Å². The van der Waals surface area contributed by atoms with Crippen molar-refractivity contribution in [2.75, 3.05) is 11.2 Å². The van der Waals surface area contributed by atoms with Crippen molar-refractivity contribution in [3.63, 3.8) is 0 Å². The van der Waals surface area contributed by atoms with Crippen LogP contribution in [0, 0.1) is 6.92 Å². The highest BCUT2D eigenvalue weighted by Crippen LogP contribution is 2.36. The molecule has 0 bridgehead atoms. The summed E-state index contributed by atoms with van der Waals surface area (Å²) in [6.07, 6.45) is 10.3. The zero-order valence-corrected chi connectivity index (χ0v) is 20.5. The molecule has 2 aliphatic carbocycles. The van der Waals surface area contributed by atoms with Crippen LogP contribution in [-0.4, -0.2) is 16.5 Å². The summed E-state index contributed by atoms with van der Waals surface area (Å²) in [5.74, 6) is 0.707. The first kappa shape index (κ1) is 21.4. The van der Waals surface area contributed by atoms with E-state index in [1.807, 2.05) is 23.5 Å². The van der Waals surface area contributed by atoms with Crippen LogP contribution in [0.3, 0.4) is 0 Å². The highest BCUT2D eigenvalue weighted by molar-refractivity contribution is 7.99. The van der Waals surface area contributed by atoms with Crippen LogP contribution in [0.15, 0.2) is 46.3 Å². The zero-order valence-electron chi connectivity index (χ0n) is 18.1. The Bertz CT molecular complexity index is 1120. The molecule has 0 radical (unpaired) electrons. The number of thioether (sulfide) groups is 1. The van der Waals surface area contributed by atoms with Gasteiger partial charge >= 0.3 is 0 Å². The molecule has 5 rings (SSSR count). The fourth-order valence-corrected chi connectivity index (χ4v) is 7.42. The van der Waals surface area contributed by atoms with E-state index in [9.17, 15) is 0 Å². The number of benzene rings is 2. The van der Waals surface area contributed by atoms with Gasteiger partial charge in [-0.15, -0.1) is 11.8 Å². The number of anilines is 1. The Labute approximate surface area is 197 Å². The minimum Gasteiger partial charge on any atom is -0.380 e. The van der Waals surface area contributed by atoms with Crippen LogP contribution in [-0.2, 0) is 0 Å². The topological polar surface area (TPSA) is 29.3 Å². The van der Waals surface area contributed by atoms with Crippen molar-refractivity contribution < 1.29 is 0 Å². The molecule has 0 atom stereocenters. The molecule has 1 heterocycles. The van der Waals surface area contributed by atoms with Crippen molar-refractivity contribution in [1.82, 2.24) is 4.57 Å². The molecule has 1 N–H and O–H groups in total. The second kappa shape index (κ2) is 9.60. The molecule has 0 amide bonds. The van der Waals surface area contributed by atoms with Gasteiger partial charge in [-0.3, -0.25) is 0 Å². The molecule has 0 aliphatic heterocycles. The van der Waals surface area contributed by atoms with E-state index in [0.29, 0.717) is 18.0 Å². The average molecular weight is 472 g/mol. The molecule has 164 valence electrons. The van der Waals surface area contributed by atoms with E-state index in [4.69, 9.17) is 16.6 Å². The Morgan fingerprint density at radius 2 is 1.81 bits per heavy atom. The van der Waals surface area contributed by atoms with Crippen LogP contribution in [0.5, 0.6) is 0 Å². The molecule has 0 spiro atoms. The Hall–Kier alpha value is -1.43. The summed E-state index contributed by atoms with van der Waals surface area (Å²) < 4.78 is 3.89. The number of nitrogens with zero attached hydrogens (tertiary/aromatic N) is 2. The number of hydrogen-bond acceptors (Lipinski definition) is 4. The van der Waals surface area contributed by atoms with Gasteiger partial charge in [0.15, 0.2) is 4.80 Å². The van der Waals surface area contributed by atoms with Crippen LogP contribution in [0.4, 0.5) is 5.69 Å². The first-order valence-corrected chi connectivity index (χ1v) is 13.7. The molecule has 2 fully saturated rings. The number of thiazole rings is 1. The number of rotatable bonds is 6. The minimum atomic E-state index is 0.547. The smallest absolute Gasteiger partial charge is 0.186 e. The Morgan fingerprint density at radius 3 is 2.61 bits per heavy atom. The first-order valence-electron chi connectivity index (χ1n) is 11.5. The van der Waals surface area contributed by atoms with Gasteiger partial charge in [-0.1, -0.05) is 66.8 Å². The Kier molecular flexibility index (Phi) is 6.63. The summed E-state index contributed by atoms with van der Waals surface area (Å²) in [4.78, 5) is 7.47. The second-order valence-electron chi connectivity index (χ2n) is 8.78. The van der Waals surface area contributed by atoms with Gasteiger partial charge in [-0.25, -0.2) is 4.99 Å². The summed E-state index contributed by atoms with van der Waals surface area (Å²) in [5.41, 5.74) is 3.83. The number of aromatic nitrogens is 1. The quantitative estimate of drug-likeness (QED) is 0.372. The van der Waals surface area contributed by atoms with E-state index in [1.165, 1.54) is 72.0 Å². The fourth-order valence-electron chi connectivity index (χ4n) is 5.07. The molecule has 1 aromatic heterocycles. The van der Waals surface area contributed by atoms with Gasteiger partial charge in [-0.05, 0) is 56.4 Å². The molecule has 3 nitrogen and oxygen atoms in total. The lowest BCUT2D eigenvalue weighted by Crippen LogP contribution is -2.19. The molecule has 0 saturated heterocycles. The maximum absolute atomic E-state index is 6.58. The summed E-state index contributed by atoms with van der Waals surface area (Å²) in [6, 6.07) is 14.0. The molecule has 3 aromatic rings. The first-order chi connectivity index (χ1) is 15.2. The number of hydrogen-bond donors (Lipinski definition) is 1. The van der Waals surface area contributed by atoms with Crippen molar-refractivity contribution in [3.8, 4) is 0 Å². The average Bonchev–Trinajstić information content (AvgIpc) is 3.51. The second-order valence-corrected chi connectivity index (χ2v) is 11.2. The number of aryl methyl sites for hydroxylation is 1. The van der Waals surface area contributed by atoms with E-state index in [1.54, 1.807) is 11.8 Å². The van der Waals surface area contributed by atoms with E-state index < -0.39 is 0 Å². The van der Waals surface area contributed by atoms with Gasteiger partial charge in [0, 0.05) is 17.0 Å². The van der Waals surface area contributed by atoms with Crippen molar-refractivity contribution >= 4 is 50.6 Å². The molecule has 31 heavy (non-hydrogen) atoms. The van der Waals surface area contributed by atoms with Crippen molar-refractivity contribution in [3.05, 3.63) is 51.8 Å². The van der Waals surface area contributed by atoms with Crippen molar-refractivity contribution in [2.24, 2.45) is 4.99 Å². The molecule has 2 aromatic carbocycles. The van der Waals surface area contributed by atoms with Crippen LogP contribution in [0.2, 0.25) is 5.02 Å². The zero-order chi connectivity index (χ0) is 21.2. The largest absolute Gasteiger partial charge is 0.380 e. The van der Waals surface area contributed by atoms with E-state index >= 15 is 0 Å². The highest BCUT2D eigenvalue weighted by Gasteiger charge is 2.22. The molecular formula is C25H30ClN3S2. The molecule has 0 unspecified atom stereocenters.